The summed E-state index contributed by atoms with van der Waals surface area (Å²) in [5.74, 6) is 0.288. The van der Waals surface area contributed by atoms with Gasteiger partial charge in [-0.05, 0) is 29.3 Å². The van der Waals surface area contributed by atoms with Gasteiger partial charge < -0.3 is 11.1 Å². The van der Waals surface area contributed by atoms with Crippen molar-refractivity contribution in [1.29, 1.82) is 0 Å². The van der Waals surface area contributed by atoms with Crippen LogP contribution in [-0.4, -0.2) is 10.9 Å². The van der Waals surface area contributed by atoms with Gasteiger partial charge in [0.2, 0.25) is 5.91 Å². The van der Waals surface area contributed by atoms with E-state index in [0.29, 0.717) is 12.4 Å². The summed E-state index contributed by atoms with van der Waals surface area (Å²) in [5.41, 5.74) is 7.43. The highest BCUT2D eigenvalue weighted by atomic mass is 16.1. The van der Waals surface area contributed by atoms with Crippen LogP contribution >= 0.6 is 0 Å². The lowest BCUT2D eigenvalue weighted by Gasteiger charge is -2.02. The summed E-state index contributed by atoms with van der Waals surface area (Å²) in [4.78, 5) is 15.8. The van der Waals surface area contributed by atoms with E-state index in [1.807, 2.05) is 36.4 Å². The highest BCUT2D eigenvalue weighted by Crippen LogP contribution is 2.06. The Morgan fingerprint density at radius 3 is 2.79 bits per heavy atom. The molecule has 0 unspecified atom stereocenters. The summed E-state index contributed by atoms with van der Waals surface area (Å²) in [7, 11) is 0. The summed E-state index contributed by atoms with van der Waals surface area (Å²) in [5, 5.41) is 2.69. The molecule has 0 saturated heterocycles. The van der Waals surface area contributed by atoms with Crippen LogP contribution in [-0.2, 0) is 11.3 Å². The van der Waals surface area contributed by atoms with Crippen LogP contribution in [0.5, 0.6) is 0 Å². The number of carbonyl (C=O) groups is 1. The van der Waals surface area contributed by atoms with Gasteiger partial charge in [0.1, 0.15) is 5.82 Å². The van der Waals surface area contributed by atoms with E-state index in [2.05, 4.69) is 10.3 Å². The van der Waals surface area contributed by atoms with Crippen molar-refractivity contribution in [3.63, 3.8) is 0 Å². The molecule has 0 fully saturated rings. The summed E-state index contributed by atoms with van der Waals surface area (Å²) in [6.07, 6.45) is 4.85. The number of benzene rings is 1. The van der Waals surface area contributed by atoms with Gasteiger partial charge in [-0.3, -0.25) is 4.79 Å². The SMILES string of the molecule is NCc1ccnc(NC(=O)/C=C/c2ccccc2)c1. The number of hydrogen-bond acceptors (Lipinski definition) is 3. The van der Waals surface area contributed by atoms with E-state index in [9.17, 15) is 4.79 Å². The minimum atomic E-state index is -0.217. The second-order valence-electron chi connectivity index (χ2n) is 3.99. The molecule has 96 valence electrons. The molecule has 0 atom stereocenters. The number of hydrogen-bond donors (Lipinski definition) is 2. The second-order valence-corrected chi connectivity index (χ2v) is 3.99. The Balaban J connectivity index is 1.99. The number of nitrogens with one attached hydrogen (secondary N) is 1. The van der Waals surface area contributed by atoms with Crippen LogP contribution in [0.3, 0.4) is 0 Å². The maximum absolute atomic E-state index is 11.7. The zero-order chi connectivity index (χ0) is 13.5. The molecule has 2 aromatic rings. The third kappa shape index (κ3) is 4.04. The van der Waals surface area contributed by atoms with Gasteiger partial charge in [-0.2, -0.15) is 0 Å². The normalized spacial score (nSPS) is 10.6. The van der Waals surface area contributed by atoms with Crippen molar-refractivity contribution < 1.29 is 4.79 Å². The molecule has 0 radical (unpaired) electrons. The number of pyridine rings is 1. The topological polar surface area (TPSA) is 68.0 Å². The molecule has 4 heteroatoms. The van der Waals surface area contributed by atoms with Gasteiger partial charge in [0.25, 0.3) is 0 Å². The van der Waals surface area contributed by atoms with Crippen molar-refractivity contribution in [3.05, 3.63) is 65.9 Å². The molecule has 1 aromatic carbocycles. The molecule has 3 N–H and O–H groups in total. The van der Waals surface area contributed by atoms with Crippen molar-refractivity contribution in [2.75, 3.05) is 5.32 Å². The van der Waals surface area contributed by atoms with E-state index in [1.54, 1.807) is 18.3 Å². The monoisotopic (exact) mass is 253 g/mol. The molecule has 0 saturated carbocycles. The summed E-state index contributed by atoms with van der Waals surface area (Å²) in [6.45, 7) is 0.422. The molecule has 0 aliphatic carbocycles. The highest BCUT2D eigenvalue weighted by molar-refractivity contribution is 6.01. The number of anilines is 1. The lowest BCUT2D eigenvalue weighted by atomic mass is 10.2. The van der Waals surface area contributed by atoms with Crippen molar-refractivity contribution in [2.45, 2.75) is 6.54 Å². The fourth-order valence-electron chi connectivity index (χ4n) is 1.57. The van der Waals surface area contributed by atoms with Gasteiger partial charge in [-0.25, -0.2) is 4.98 Å². The lowest BCUT2D eigenvalue weighted by Crippen LogP contribution is -2.09. The van der Waals surface area contributed by atoms with Gasteiger partial charge in [-0.15, -0.1) is 0 Å². The molecule has 1 aromatic heterocycles. The summed E-state index contributed by atoms with van der Waals surface area (Å²) < 4.78 is 0. The largest absolute Gasteiger partial charge is 0.326 e. The molecular formula is C15H15N3O. The number of carbonyl (C=O) groups excluding carboxylic acids is 1. The smallest absolute Gasteiger partial charge is 0.249 e. The Hall–Kier alpha value is -2.46. The fraction of sp³-hybridized carbons (Fsp3) is 0.0667. The van der Waals surface area contributed by atoms with Gasteiger partial charge in [0.05, 0.1) is 0 Å². The fourth-order valence-corrected chi connectivity index (χ4v) is 1.57. The van der Waals surface area contributed by atoms with Crippen LogP contribution in [0.25, 0.3) is 6.08 Å². The zero-order valence-corrected chi connectivity index (χ0v) is 10.4. The van der Waals surface area contributed by atoms with Crippen LogP contribution in [0.15, 0.2) is 54.7 Å². The van der Waals surface area contributed by atoms with Crippen LogP contribution in [0, 0.1) is 0 Å². The second kappa shape index (κ2) is 6.47. The van der Waals surface area contributed by atoms with Gasteiger partial charge in [-0.1, -0.05) is 30.3 Å². The van der Waals surface area contributed by atoms with E-state index < -0.39 is 0 Å². The maximum Gasteiger partial charge on any atom is 0.249 e. The Morgan fingerprint density at radius 2 is 2.05 bits per heavy atom. The van der Waals surface area contributed by atoms with E-state index >= 15 is 0 Å². The molecule has 1 amide bonds. The Bertz CT molecular complexity index is 579. The van der Waals surface area contributed by atoms with Crippen LogP contribution in [0.1, 0.15) is 11.1 Å². The van der Waals surface area contributed by atoms with E-state index in [0.717, 1.165) is 11.1 Å². The highest BCUT2D eigenvalue weighted by Gasteiger charge is 1.99. The van der Waals surface area contributed by atoms with Gasteiger partial charge in [0, 0.05) is 18.8 Å². The van der Waals surface area contributed by atoms with E-state index in [1.165, 1.54) is 6.08 Å². The minimum Gasteiger partial charge on any atom is -0.326 e. The predicted molar refractivity (Wildman–Crippen MR) is 76.2 cm³/mol. The van der Waals surface area contributed by atoms with Gasteiger partial charge >= 0.3 is 0 Å². The average molecular weight is 253 g/mol. The van der Waals surface area contributed by atoms with Crippen LogP contribution in [0.4, 0.5) is 5.82 Å². The molecule has 2 rings (SSSR count). The van der Waals surface area contributed by atoms with Gasteiger partial charge in [0.15, 0.2) is 0 Å². The number of amides is 1. The molecule has 0 aliphatic heterocycles. The first kappa shape index (κ1) is 13.0. The van der Waals surface area contributed by atoms with Crippen molar-refractivity contribution in [1.82, 2.24) is 4.98 Å². The molecule has 4 nitrogen and oxygen atoms in total. The third-order valence-corrected chi connectivity index (χ3v) is 2.54. The Kier molecular flexibility index (Phi) is 4.42. The maximum atomic E-state index is 11.7. The van der Waals surface area contributed by atoms with E-state index in [4.69, 9.17) is 5.73 Å². The van der Waals surface area contributed by atoms with Crippen molar-refractivity contribution in [3.8, 4) is 0 Å². The average Bonchev–Trinajstić information content (AvgIpc) is 2.46. The first-order valence-corrected chi connectivity index (χ1v) is 5.97. The Labute approximate surface area is 112 Å². The molecule has 0 aliphatic rings. The zero-order valence-electron chi connectivity index (χ0n) is 10.4. The standard InChI is InChI=1S/C15H15N3O/c16-11-13-8-9-17-14(10-13)18-15(19)7-6-12-4-2-1-3-5-12/h1-10H,11,16H2,(H,17,18,19)/b7-6+. The van der Waals surface area contributed by atoms with Crippen LogP contribution in [0.2, 0.25) is 0 Å². The van der Waals surface area contributed by atoms with Crippen molar-refractivity contribution in [2.24, 2.45) is 5.73 Å². The minimum absolute atomic E-state index is 0.217. The number of rotatable bonds is 4. The molecule has 0 bridgehead atoms. The third-order valence-electron chi connectivity index (χ3n) is 2.54. The summed E-state index contributed by atoms with van der Waals surface area (Å²) in [6, 6.07) is 13.2. The predicted octanol–water partition coefficient (Wildman–Crippen LogP) is 2.19. The lowest BCUT2D eigenvalue weighted by molar-refractivity contribution is -0.111. The first-order valence-electron chi connectivity index (χ1n) is 5.97. The molecule has 19 heavy (non-hydrogen) atoms. The summed E-state index contributed by atoms with van der Waals surface area (Å²) >= 11 is 0. The number of aromatic nitrogens is 1. The first-order chi connectivity index (χ1) is 9.28. The van der Waals surface area contributed by atoms with Crippen molar-refractivity contribution >= 4 is 17.8 Å². The van der Waals surface area contributed by atoms with Crippen LogP contribution < -0.4 is 11.1 Å². The molecule has 0 spiro atoms. The Morgan fingerprint density at radius 1 is 1.26 bits per heavy atom. The molecule has 1 heterocycles. The van der Waals surface area contributed by atoms with E-state index in [-0.39, 0.29) is 5.91 Å². The molecular weight excluding hydrogens is 238 g/mol. The number of nitrogens with two attached hydrogens (primary N) is 1. The number of nitrogens with zero attached hydrogens (tertiary/aromatic N) is 1. The quantitative estimate of drug-likeness (QED) is 0.821.